The van der Waals surface area contributed by atoms with Crippen LogP contribution in [-0.2, 0) is 23.7 Å². The average Bonchev–Trinajstić information content (AvgIpc) is 2.92. The summed E-state index contributed by atoms with van der Waals surface area (Å²) in [6.45, 7) is 18.9. The maximum atomic E-state index is 13.7. The molecule has 0 unspecified atom stereocenters. The van der Waals surface area contributed by atoms with Crippen LogP contribution in [0.1, 0.15) is 101 Å². The van der Waals surface area contributed by atoms with Crippen LogP contribution in [-0.4, -0.2) is 83.1 Å². The Labute approximate surface area is 259 Å². The fourth-order valence-electron chi connectivity index (χ4n) is 7.20. The number of aliphatic hydroxyl groups excluding tert-OH is 1. The van der Waals surface area contributed by atoms with Gasteiger partial charge in [-0.15, -0.1) is 0 Å². The summed E-state index contributed by atoms with van der Waals surface area (Å²) in [4.78, 5) is 13.7. The summed E-state index contributed by atoms with van der Waals surface area (Å²) >= 11 is 0. The van der Waals surface area contributed by atoms with E-state index in [0.29, 0.717) is 31.6 Å². The van der Waals surface area contributed by atoms with E-state index in [1.54, 1.807) is 13.8 Å². The third-order valence-electron chi connectivity index (χ3n) is 10.2. The lowest BCUT2D eigenvalue weighted by molar-refractivity contribution is -0.245. The highest BCUT2D eigenvalue weighted by Gasteiger charge is 2.48. The Balaban J connectivity index is 2.55. The van der Waals surface area contributed by atoms with Gasteiger partial charge in [0.05, 0.1) is 43.1 Å². The number of rotatable bonds is 8. The van der Waals surface area contributed by atoms with Gasteiger partial charge in [-0.2, -0.15) is 0 Å². The molecule has 252 valence electrons. The number of carbonyl (C=O) groups is 1. The molecule has 0 radical (unpaired) electrons. The molecule has 2 rings (SSSR count). The van der Waals surface area contributed by atoms with Crippen LogP contribution >= 0.6 is 0 Å². The first kappa shape index (κ1) is 38.1. The molecule has 9 heteroatoms. The Morgan fingerprint density at radius 1 is 1.05 bits per heavy atom. The Morgan fingerprint density at radius 3 is 2.28 bits per heavy atom. The van der Waals surface area contributed by atoms with E-state index in [1.165, 1.54) is 6.92 Å². The molecule has 0 aromatic rings. The van der Waals surface area contributed by atoms with Crippen molar-refractivity contribution in [3.8, 4) is 0 Å². The summed E-state index contributed by atoms with van der Waals surface area (Å²) in [5.41, 5.74) is -2.13. The van der Waals surface area contributed by atoms with Gasteiger partial charge in [-0.1, -0.05) is 53.2 Å². The Hall–Kier alpha value is -1.10. The highest BCUT2D eigenvalue weighted by molar-refractivity contribution is 5.73. The molecular weight excluding hydrogens is 555 g/mol. The maximum absolute atomic E-state index is 13.7. The first-order chi connectivity index (χ1) is 20.0. The molecule has 0 spiro atoms. The van der Waals surface area contributed by atoms with Crippen LogP contribution in [0.2, 0.25) is 0 Å². The Morgan fingerprint density at radius 2 is 1.70 bits per heavy atom. The minimum Gasteiger partial charge on any atom is -0.459 e. The summed E-state index contributed by atoms with van der Waals surface area (Å²) in [7, 11) is 0. The first-order valence-corrected chi connectivity index (χ1v) is 16.5. The topological polar surface area (TPSA) is 115 Å². The summed E-state index contributed by atoms with van der Waals surface area (Å²) < 4.78 is 36.9. The third kappa shape index (κ3) is 9.94. The average molecular weight is 617 g/mol. The lowest BCUT2D eigenvalue weighted by atomic mass is 9.69. The predicted octanol–water partition coefficient (Wildman–Crippen LogP) is 5.60. The molecule has 0 saturated carbocycles. The van der Waals surface area contributed by atoms with Crippen molar-refractivity contribution in [2.24, 2.45) is 35.5 Å². The number of cyclic esters (lactones) is 1. The fourth-order valence-corrected chi connectivity index (χ4v) is 7.20. The second-order valence-corrected chi connectivity index (χ2v) is 14.1. The van der Waals surface area contributed by atoms with Crippen LogP contribution in [0.3, 0.4) is 0 Å². The second kappa shape index (κ2) is 16.5. The molecule has 2 aliphatic heterocycles. The Bertz CT molecular complexity index is 882. The van der Waals surface area contributed by atoms with E-state index in [1.807, 2.05) is 47.6 Å². The van der Waals surface area contributed by atoms with E-state index in [9.17, 15) is 24.5 Å². The maximum Gasteiger partial charge on any atom is 0.311 e. The highest BCUT2D eigenvalue weighted by Crippen LogP contribution is 2.41. The highest BCUT2D eigenvalue weighted by atomic mass is 19.1. The van der Waals surface area contributed by atoms with Crippen molar-refractivity contribution in [2.75, 3.05) is 19.9 Å². The zero-order valence-electron chi connectivity index (χ0n) is 28.3. The minimum atomic E-state index is -1.77. The van der Waals surface area contributed by atoms with Gasteiger partial charge in [0.15, 0.2) is 6.29 Å². The molecule has 2 fully saturated rings. The van der Waals surface area contributed by atoms with Gasteiger partial charge in [0.1, 0.15) is 11.7 Å². The number of halogens is 1. The molecule has 13 atom stereocenters. The van der Waals surface area contributed by atoms with E-state index < -0.39 is 60.3 Å². The number of hydrogen-bond donors (Lipinski definition) is 3. The van der Waals surface area contributed by atoms with Crippen molar-refractivity contribution in [2.45, 2.75) is 143 Å². The van der Waals surface area contributed by atoms with Gasteiger partial charge >= 0.3 is 5.97 Å². The summed E-state index contributed by atoms with van der Waals surface area (Å²) in [6, 6.07) is 0. The quantitative estimate of drug-likeness (QED) is 0.183. The molecule has 2 aliphatic rings. The van der Waals surface area contributed by atoms with Gasteiger partial charge in [0.25, 0.3) is 0 Å². The molecule has 2 heterocycles. The lowest BCUT2D eigenvalue weighted by Gasteiger charge is -2.45. The molecule has 2 saturated heterocycles. The van der Waals surface area contributed by atoms with Gasteiger partial charge in [-0.25, -0.2) is 0 Å². The third-order valence-corrected chi connectivity index (χ3v) is 10.2. The fraction of sp³-hybridized carbons (Fsp3) is 0.912. The van der Waals surface area contributed by atoms with E-state index in [-0.39, 0.29) is 37.1 Å². The van der Waals surface area contributed by atoms with E-state index >= 15 is 0 Å². The van der Waals surface area contributed by atoms with Crippen LogP contribution in [0, 0.1) is 35.5 Å². The molecule has 0 aliphatic carbocycles. The number of aliphatic hydroxyl groups is 3. The van der Waals surface area contributed by atoms with Crippen LogP contribution in [0.25, 0.3) is 0 Å². The van der Waals surface area contributed by atoms with Crippen molar-refractivity contribution in [1.29, 1.82) is 0 Å². The number of alkyl halides is 1. The number of hydrogen-bond acceptors (Lipinski definition) is 8. The van der Waals surface area contributed by atoms with Crippen molar-refractivity contribution in [3.63, 3.8) is 0 Å². The van der Waals surface area contributed by atoms with E-state index in [2.05, 4.69) is 6.92 Å². The smallest absolute Gasteiger partial charge is 0.311 e. The van der Waals surface area contributed by atoms with E-state index in [0.717, 1.165) is 12.0 Å². The standard InChI is InChI=1S/C34H61FO8/c1-11-28-34(10,39)31(36)24(6)27(13-16-40-15-12-14-35)21(3)19-33(9,38)26(8)23(5)30(25(7)32(37)42-28)43-29-18-20(2)17-22(4)41-29/h13,20-26,28-31,36,38-39H,11-12,14-19H2,1-10H3/b27-13+/t20-,21-,22+,23-,24+,25-,26-,28-,29+,30+,31-,33-,34-/m1/s1. The molecule has 0 aromatic carbocycles. The van der Waals surface area contributed by atoms with Gasteiger partial charge in [-0.3, -0.25) is 9.18 Å². The lowest BCUT2D eigenvalue weighted by Crippen LogP contribution is -2.55. The largest absolute Gasteiger partial charge is 0.459 e. The summed E-state index contributed by atoms with van der Waals surface area (Å²) in [6.07, 6.45) is 1.13. The van der Waals surface area contributed by atoms with Crippen LogP contribution in [0.4, 0.5) is 4.39 Å². The summed E-state index contributed by atoms with van der Waals surface area (Å²) in [5.74, 6) is -2.14. The van der Waals surface area contributed by atoms with Crippen LogP contribution in [0.15, 0.2) is 11.6 Å². The van der Waals surface area contributed by atoms with Crippen LogP contribution < -0.4 is 0 Å². The first-order valence-electron chi connectivity index (χ1n) is 16.5. The molecule has 0 aromatic heterocycles. The number of carbonyl (C=O) groups excluding carboxylic acids is 1. The van der Waals surface area contributed by atoms with Gasteiger partial charge in [0.2, 0.25) is 0 Å². The van der Waals surface area contributed by atoms with Crippen molar-refractivity contribution in [3.05, 3.63) is 11.6 Å². The second-order valence-electron chi connectivity index (χ2n) is 14.1. The number of ether oxygens (including phenoxy) is 4. The van der Waals surface area contributed by atoms with E-state index in [4.69, 9.17) is 18.9 Å². The Kier molecular flexibility index (Phi) is 14.6. The molecular formula is C34H61FO8. The molecule has 43 heavy (non-hydrogen) atoms. The van der Waals surface area contributed by atoms with Gasteiger partial charge in [-0.05, 0) is 77.0 Å². The minimum absolute atomic E-state index is 0.0282. The van der Waals surface area contributed by atoms with Crippen LogP contribution in [0.5, 0.6) is 0 Å². The van der Waals surface area contributed by atoms with Gasteiger partial charge < -0.3 is 34.3 Å². The predicted molar refractivity (Wildman–Crippen MR) is 165 cm³/mol. The monoisotopic (exact) mass is 616 g/mol. The van der Waals surface area contributed by atoms with Crippen molar-refractivity contribution < 1.29 is 43.5 Å². The zero-order valence-corrected chi connectivity index (χ0v) is 28.3. The van der Waals surface area contributed by atoms with Crippen molar-refractivity contribution >= 4 is 5.97 Å². The molecule has 3 N–H and O–H groups in total. The molecule has 0 bridgehead atoms. The van der Waals surface area contributed by atoms with Crippen molar-refractivity contribution in [1.82, 2.24) is 0 Å². The molecule has 8 nitrogen and oxygen atoms in total. The normalized spacial score (nSPS) is 45.0. The summed E-state index contributed by atoms with van der Waals surface area (Å²) in [5, 5.41) is 35.2. The molecule has 0 amide bonds. The SMILES string of the molecule is CC[C@H]1OC(=O)[C@H](C)[C@@H](O[C@H]2C[C@H](C)C[C@H](C)O2)[C@H](C)[C@@H](C)[C@](C)(O)C[C@@H](C)/C(=C\COCCCF)[C@H](C)[C@@H](O)[C@]1(C)O. The zero-order chi connectivity index (χ0) is 32.7. The number of esters is 1. The van der Waals surface area contributed by atoms with Gasteiger partial charge in [0, 0.05) is 18.9 Å².